The minimum Gasteiger partial charge on any atom is -0.179 e. The van der Waals surface area contributed by atoms with Gasteiger partial charge < -0.3 is 0 Å². The Balaban J connectivity index is 2.21. The molecule has 0 aliphatic heterocycles. The number of hydrogen-bond donors (Lipinski definition) is 1. The zero-order valence-corrected chi connectivity index (χ0v) is 6.54. The van der Waals surface area contributed by atoms with Gasteiger partial charge in [0.25, 0.3) is 0 Å². The van der Waals surface area contributed by atoms with Crippen molar-refractivity contribution in [2.45, 2.75) is 26.7 Å². The van der Waals surface area contributed by atoms with Gasteiger partial charge >= 0.3 is 0 Å². The summed E-state index contributed by atoms with van der Waals surface area (Å²) < 4.78 is 0. The molecule has 1 aliphatic rings. The Morgan fingerprint density at radius 1 is 1.50 bits per heavy atom. The SMILES string of the molecule is CC1(C)CC(CS)C1. The zero-order valence-electron chi connectivity index (χ0n) is 5.65. The molecule has 0 unspecified atom stereocenters. The van der Waals surface area contributed by atoms with Crippen molar-refractivity contribution in [2.24, 2.45) is 11.3 Å². The van der Waals surface area contributed by atoms with E-state index in [9.17, 15) is 0 Å². The molecule has 0 heterocycles. The number of hydrogen-bond acceptors (Lipinski definition) is 1. The minimum absolute atomic E-state index is 0.646. The molecular weight excluding hydrogens is 116 g/mol. The second kappa shape index (κ2) is 1.94. The van der Waals surface area contributed by atoms with Crippen LogP contribution in [0.15, 0.2) is 0 Å². The predicted octanol–water partition coefficient (Wildman–Crippen LogP) is 2.35. The normalized spacial score (nSPS) is 27.4. The quantitative estimate of drug-likeness (QED) is 0.517. The van der Waals surface area contributed by atoms with Crippen molar-refractivity contribution in [2.75, 3.05) is 5.75 Å². The van der Waals surface area contributed by atoms with Gasteiger partial charge in [0.2, 0.25) is 0 Å². The lowest BCUT2D eigenvalue weighted by Gasteiger charge is -2.41. The lowest BCUT2D eigenvalue weighted by Crippen LogP contribution is -2.32. The maximum atomic E-state index is 4.22. The minimum atomic E-state index is 0.646. The smallest absolute Gasteiger partial charge is 0.00691 e. The van der Waals surface area contributed by atoms with Gasteiger partial charge in [0, 0.05) is 0 Å². The van der Waals surface area contributed by atoms with Gasteiger partial charge in [-0.05, 0) is 29.9 Å². The molecule has 0 bridgehead atoms. The van der Waals surface area contributed by atoms with Gasteiger partial charge in [-0.15, -0.1) is 0 Å². The van der Waals surface area contributed by atoms with E-state index in [-0.39, 0.29) is 0 Å². The largest absolute Gasteiger partial charge is 0.179 e. The molecule has 0 radical (unpaired) electrons. The molecule has 0 amide bonds. The molecule has 0 aromatic carbocycles. The van der Waals surface area contributed by atoms with Crippen molar-refractivity contribution >= 4 is 12.6 Å². The summed E-state index contributed by atoms with van der Waals surface area (Å²) in [5.74, 6) is 2.01. The maximum Gasteiger partial charge on any atom is -0.00691 e. The molecule has 8 heavy (non-hydrogen) atoms. The lowest BCUT2D eigenvalue weighted by molar-refractivity contribution is 0.115. The Hall–Kier alpha value is 0.350. The molecule has 0 aromatic rings. The Morgan fingerprint density at radius 3 is 2.12 bits per heavy atom. The third-order valence-electron chi connectivity index (χ3n) is 1.94. The summed E-state index contributed by atoms with van der Waals surface area (Å²) in [5.41, 5.74) is 0.646. The summed E-state index contributed by atoms with van der Waals surface area (Å²) in [6, 6.07) is 0. The van der Waals surface area contributed by atoms with E-state index in [1.807, 2.05) is 0 Å². The molecule has 1 saturated carbocycles. The summed E-state index contributed by atoms with van der Waals surface area (Å²) in [6.45, 7) is 4.65. The highest BCUT2D eigenvalue weighted by molar-refractivity contribution is 7.80. The molecule has 1 fully saturated rings. The van der Waals surface area contributed by atoms with Crippen LogP contribution in [0.2, 0.25) is 0 Å². The second-order valence-electron chi connectivity index (χ2n) is 3.62. The first-order valence-corrected chi connectivity index (χ1v) is 3.88. The highest BCUT2D eigenvalue weighted by atomic mass is 32.1. The van der Waals surface area contributed by atoms with Crippen molar-refractivity contribution in [1.82, 2.24) is 0 Å². The van der Waals surface area contributed by atoms with Crippen LogP contribution in [0.1, 0.15) is 26.7 Å². The Bertz CT molecular complexity index is 78.4. The topological polar surface area (TPSA) is 0 Å². The van der Waals surface area contributed by atoms with Crippen LogP contribution in [-0.4, -0.2) is 5.75 Å². The van der Waals surface area contributed by atoms with E-state index in [0.717, 1.165) is 11.7 Å². The third kappa shape index (κ3) is 1.19. The molecule has 0 N–H and O–H groups in total. The van der Waals surface area contributed by atoms with E-state index in [2.05, 4.69) is 26.5 Å². The van der Waals surface area contributed by atoms with Crippen LogP contribution in [0.4, 0.5) is 0 Å². The van der Waals surface area contributed by atoms with Crippen LogP contribution in [0.25, 0.3) is 0 Å². The Kier molecular flexibility index (Phi) is 1.57. The van der Waals surface area contributed by atoms with Gasteiger partial charge in [-0.25, -0.2) is 0 Å². The molecule has 0 aromatic heterocycles. The molecule has 48 valence electrons. The van der Waals surface area contributed by atoms with Crippen molar-refractivity contribution < 1.29 is 0 Å². The van der Waals surface area contributed by atoms with E-state index in [4.69, 9.17) is 0 Å². The van der Waals surface area contributed by atoms with Gasteiger partial charge in [-0.1, -0.05) is 13.8 Å². The highest BCUT2D eigenvalue weighted by Gasteiger charge is 2.34. The third-order valence-corrected chi connectivity index (χ3v) is 2.46. The standard InChI is InChI=1S/C7H14S/c1-7(2)3-6(4-7)5-8/h6,8H,3-5H2,1-2H3. The van der Waals surface area contributed by atoms with Crippen molar-refractivity contribution in [3.8, 4) is 0 Å². The fourth-order valence-electron chi connectivity index (χ4n) is 1.63. The zero-order chi connectivity index (χ0) is 6.20. The summed E-state index contributed by atoms with van der Waals surface area (Å²) in [4.78, 5) is 0. The molecule has 1 heteroatoms. The Morgan fingerprint density at radius 2 is 2.00 bits per heavy atom. The van der Waals surface area contributed by atoms with Gasteiger partial charge in [0.1, 0.15) is 0 Å². The van der Waals surface area contributed by atoms with Crippen molar-refractivity contribution in [3.05, 3.63) is 0 Å². The number of thiol groups is 1. The predicted molar refractivity (Wildman–Crippen MR) is 40.4 cm³/mol. The van der Waals surface area contributed by atoms with E-state index >= 15 is 0 Å². The van der Waals surface area contributed by atoms with Gasteiger partial charge in [-0.2, -0.15) is 12.6 Å². The second-order valence-corrected chi connectivity index (χ2v) is 3.99. The van der Waals surface area contributed by atoms with Crippen LogP contribution < -0.4 is 0 Å². The molecule has 0 atom stereocenters. The van der Waals surface area contributed by atoms with E-state index in [1.165, 1.54) is 12.8 Å². The van der Waals surface area contributed by atoms with Gasteiger partial charge in [-0.3, -0.25) is 0 Å². The summed E-state index contributed by atoms with van der Waals surface area (Å²) in [7, 11) is 0. The van der Waals surface area contributed by atoms with E-state index in [1.54, 1.807) is 0 Å². The monoisotopic (exact) mass is 130 g/mol. The van der Waals surface area contributed by atoms with Crippen molar-refractivity contribution in [1.29, 1.82) is 0 Å². The van der Waals surface area contributed by atoms with Crippen LogP contribution >= 0.6 is 12.6 Å². The molecule has 1 aliphatic carbocycles. The molecule has 1 rings (SSSR count). The molecule has 0 spiro atoms. The van der Waals surface area contributed by atoms with Crippen LogP contribution in [-0.2, 0) is 0 Å². The summed E-state index contributed by atoms with van der Waals surface area (Å²) in [6.07, 6.45) is 2.77. The first kappa shape index (κ1) is 6.47. The highest BCUT2D eigenvalue weighted by Crippen LogP contribution is 2.44. The average molecular weight is 130 g/mol. The van der Waals surface area contributed by atoms with Crippen LogP contribution in [0.5, 0.6) is 0 Å². The van der Waals surface area contributed by atoms with E-state index in [0.29, 0.717) is 5.41 Å². The van der Waals surface area contributed by atoms with Crippen molar-refractivity contribution in [3.63, 3.8) is 0 Å². The van der Waals surface area contributed by atoms with Gasteiger partial charge in [0.15, 0.2) is 0 Å². The van der Waals surface area contributed by atoms with E-state index < -0.39 is 0 Å². The van der Waals surface area contributed by atoms with Gasteiger partial charge in [0.05, 0.1) is 0 Å². The Labute approximate surface area is 57.1 Å². The first-order chi connectivity index (χ1) is 3.64. The van der Waals surface area contributed by atoms with Crippen LogP contribution in [0, 0.1) is 11.3 Å². The average Bonchev–Trinajstić information content (AvgIpc) is 1.60. The number of rotatable bonds is 1. The maximum absolute atomic E-state index is 4.22. The molecule has 0 saturated heterocycles. The summed E-state index contributed by atoms with van der Waals surface area (Å²) in [5, 5.41) is 0. The first-order valence-electron chi connectivity index (χ1n) is 3.25. The van der Waals surface area contributed by atoms with Crippen LogP contribution in [0.3, 0.4) is 0 Å². The fourth-order valence-corrected chi connectivity index (χ4v) is 1.89. The summed E-state index contributed by atoms with van der Waals surface area (Å²) >= 11 is 4.22. The molecule has 0 nitrogen and oxygen atoms in total. The molecular formula is C7H14S. The fraction of sp³-hybridized carbons (Fsp3) is 1.00. The lowest BCUT2D eigenvalue weighted by atomic mass is 9.65.